The Morgan fingerprint density at radius 1 is 1.33 bits per heavy atom. The number of carbonyl (C=O) groups is 1. The zero-order valence-electron chi connectivity index (χ0n) is 15.3. The van der Waals surface area contributed by atoms with Gasteiger partial charge in [0, 0.05) is 22.6 Å². The number of rotatable bonds is 6. The van der Waals surface area contributed by atoms with E-state index in [1.807, 2.05) is 11.8 Å². The first-order valence-corrected chi connectivity index (χ1v) is 12.5. The highest BCUT2D eigenvalue weighted by molar-refractivity contribution is 7.99. The smallest absolute Gasteiger partial charge is 0.263 e. The number of thioether (sulfide) groups is 1. The van der Waals surface area contributed by atoms with Gasteiger partial charge in [0.05, 0.1) is 18.5 Å². The predicted molar refractivity (Wildman–Crippen MR) is 110 cm³/mol. The van der Waals surface area contributed by atoms with Gasteiger partial charge < -0.3 is 10.1 Å². The second-order valence-corrected chi connectivity index (χ2v) is 10.7. The fourth-order valence-corrected chi connectivity index (χ4v) is 5.71. The Hall–Kier alpha value is -1.12. The fraction of sp³-hybridized carbons (Fsp3) is 0.611. The summed E-state index contributed by atoms with van der Waals surface area (Å²) >= 11 is 7.89. The summed E-state index contributed by atoms with van der Waals surface area (Å²) in [5, 5.41) is 3.98. The number of fused-ring (bicyclic) bond motifs is 1. The van der Waals surface area contributed by atoms with Gasteiger partial charge in [-0.2, -0.15) is 11.8 Å². The van der Waals surface area contributed by atoms with E-state index in [4.69, 9.17) is 16.3 Å². The topological polar surface area (TPSA) is 75.7 Å². The van der Waals surface area contributed by atoms with Gasteiger partial charge in [-0.1, -0.05) is 30.9 Å². The Labute approximate surface area is 170 Å². The summed E-state index contributed by atoms with van der Waals surface area (Å²) in [6, 6.07) is 4.74. The van der Waals surface area contributed by atoms with E-state index in [0.29, 0.717) is 28.3 Å². The first kappa shape index (κ1) is 20.6. The Kier molecular flexibility index (Phi) is 6.81. The highest BCUT2D eigenvalue weighted by atomic mass is 35.5. The molecule has 1 aliphatic carbocycles. The lowest BCUT2D eigenvalue weighted by molar-refractivity contribution is -0.127. The van der Waals surface area contributed by atoms with E-state index in [1.54, 1.807) is 12.1 Å². The van der Waals surface area contributed by atoms with Gasteiger partial charge in [0.2, 0.25) is 10.0 Å². The van der Waals surface area contributed by atoms with Crippen molar-refractivity contribution in [2.24, 2.45) is 0 Å². The van der Waals surface area contributed by atoms with Crippen LogP contribution in [0.25, 0.3) is 0 Å². The zero-order valence-corrected chi connectivity index (χ0v) is 17.7. The van der Waals surface area contributed by atoms with Crippen molar-refractivity contribution in [1.29, 1.82) is 0 Å². The van der Waals surface area contributed by atoms with Crippen molar-refractivity contribution in [3.63, 3.8) is 0 Å². The van der Waals surface area contributed by atoms with Crippen LogP contribution in [0.15, 0.2) is 18.2 Å². The molecule has 2 aliphatic rings. The maximum absolute atomic E-state index is 12.5. The highest BCUT2D eigenvalue weighted by Gasteiger charge is 2.35. The second kappa shape index (κ2) is 8.92. The summed E-state index contributed by atoms with van der Waals surface area (Å²) in [6.45, 7) is 0.486. The third-order valence-electron chi connectivity index (χ3n) is 4.79. The molecular formula is C18H25ClN2O4S2. The second-order valence-electron chi connectivity index (χ2n) is 6.93. The molecule has 0 bridgehead atoms. The number of hydrogen-bond donors (Lipinski definition) is 1. The van der Waals surface area contributed by atoms with Crippen LogP contribution in [-0.4, -0.2) is 50.8 Å². The molecule has 1 aliphatic heterocycles. The Morgan fingerprint density at radius 3 is 2.78 bits per heavy atom. The molecule has 0 unspecified atom stereocenters. The van der Waals surface area contributed by atoms with Crippen molar-refractivity contribution in [3.8, 4) is 5.75 Å². The molecule has 1 fully saturated rings. The quantitative estimate of drug-likeness (QED) is 0.699. The molecule has 1 atom stereocenters. The molecule has 0 radical (unpaired) electrons. The minimum Gasteiger partial charge on any atom is -0.476 e. The van der Waals surface area contributed by atoms with Crippen LogP contribution < -0.4 is 14.4 Å². The Balaban J connectivity index is 1.58. The maximum atomic E-state index is 12.5. The van der Waals surface area contributed by atoms with Crippen LogP contribution in [-0.2, 0) is 14.8 Å². The highest BCUT2D eigenvalue weighted by Crippen LogP contribution is 2.37. The summed E-state index contributed by atoms with van der Waals surface area (Å²) in [5.41, 5.74) is 0.363. The van der Waals surface area contributed by atoms with Crippen LogP contribution in [0.2, 0.25) is 5.02 Å². The molecule has 0 saturated heterocycles. The van der Waals surface area contributed by atoms with E-state index in [9.17, 15) is 13.2 Å². The summed E-state index contributed by atoms with van der Waals surface area (Å²) in [5.74, 6) is 0.895. The summed E-state index contributed by atoms with van der Waals surface area (Å²) in [4.78, 5) is 12.5. The van der Waals surface area contributed by atoms with Crippen LogP contribution in [0, 0.1) is 0 Å². The monoisotopic (exact) mass is 432 g/mol. The Bertz CT molecular complexity index is 782. The average Bonchev–Trinajstić information content (AvgIpc) is 2.64. The minimum atomic E-state index is -3.55. The average molecular weight is 433 g/mol. The molecule has 1 aromatic carbocycles. The van der Waals surface area contributed by atoms with Crippen molar-refractivity contribution in [2.75, 3.05) is 29.4 Å². The number of carbonyl (C=O) groups excluding carboxylic acids is 1. The van der Waals surface area contributed by atoms with Crippen molar-refractivity contribution in [2.45, 2.75) is 43.5 Å². The van der Waals surface area contributed by atoms with E-state index in [1.165, 1.54) is 42.5 Å². The van der Waals surface area contributed by atoms with E-state index >= 15 is 0 Å². The molecule has 9 heteroatoms. The molecule has 1 amide bonds. The largest absolute Gasteiger partial charge is 0.476 e. The van der Waals surface area contributed by atoms with E-state index in [2.05, 4.69) is 5.32 Å². The van der Waals surface area contributed by atoms with Gasteiger partial charge in [-0.15, -0.1) is 0 Å². The van der Waals surface area contributed by atoms with Gasteiger partial charge in [-0.3, -0.25) is 9.10 Å². The predicted octanol–water partition coefficient (Wildman–Crippen LogP) is 3.05. The van der Waals surface area contributed by atoms with Gasteiger partial charge in [-0.25, -0.2) is 8.42 Å². The number of nitrogens with one attached hydrogen (secondary N) is 1. The van der Waals surface area contributed by atoms with Gasteiger partial charge in [0.15, 0.2) is 6.10 Å². The van der Waals surface area contributed by atoms with E-state index < -0.39 is 16.1 Å². The minimum absolute atomic E-state index is 0.0617. The first-order chi connectivity index (χ1) is 12.8. The van der Waals surface area contributed by atoms with Crippen molar-refractivity contribution in [1.82, 2.24) is 5.32 Å². The fourth-order valence-electron chi connectivity index (χ4n) is 3.42. The van der Waals surface area contributed by atoms with Crippen molar-refractivity contribution < 1.29 is 17.9 Å². The van der Waals surface area contributed by atoms with Crippen LogP contribution in [0.3, 0.4) is 0 Å². The van der Waals surface area contributed by atoms with Crippen LogP contribution in [0.4, 0.5) is 5.69 Å². The molecule has 27 heavy (non-hydrogen) atoms. The molecule has 1 heterocycles. The number of ether oxygens (including phenoxy) is 1. The van der Waals surface area contributed by atoms with E-state index in [-0.39, 0.29) is 12.5 Å². The maximum Gasteiger partial charge on any atom is 0.263 e. The molecule has 1 saturated carbocycles. The van der Waals surface area contributed by atoms with Gasteiger partial charge in [0.25, 0.3) is 5.91 Å². The molecule has 1 N–H and O–H groups in total. The molecule has 3 rings (SSSR count). The summed E-state index contributed by atoms with van der Waals surface area (Å²) in [6.07, 6.45) is 6.66. The third-order valence-corrected chi connectivity index (χ3v) is 7.55. The number of nitrogens with zero attached hydrogens (tertiary/aromatic N) is 1. The van der Waals surface area contributed by atoms with Crippen molar-refractivity contribution >= 4 is 45.0 Å². The summed E-state index contributed by atoms with van der Waals surface area (Å²) < 4.78 is 31.2. The van der Waals surface area contributed by atoms with Gasteiger partial charge >= 0.3 is 0 Å². The van der Waals surface area contributed by atoms with Crippen molar-refractivity contribution in [3.05, 3.63) is 23.2 Å². The number of sulfonamides is 1. The molecule has 0 aromatic heterocycles. The summed E-state index contributed by atoms with van der Waals surface area (Å²) in [7, 11) is -3.55. The van der Waals surface area contributed by atoms with Crippen LogP contribution >= 0.6 is 23.4 Å². The first-order valence-electron chi connectivity index (χ1n) is 9.18. The lowest BCUT2D eigenvalue weighted by Gasteiger charge is -2.34. The standard InChI is InChI=1S/C18H25ClN2O4S2/c1-27(23,24)21-12-17(25-16-8-7-13(19)11-15(16)21)18(22)20-9-10-26-14-5-3-2-4-6-14/h7-8,11,14,17H,2-6,9-10,12H2,1H3,(H,20,22)/t17-/m0/s1. The van der Waals surface area contributed by atoms with E-state index in [0.717, 1.165) is 12.0 Å². The number of benzene rings is 1. The number of halogens is 1. The molecule has 0 spiro atoms. The lowest BCUT2D eigenvalue weighted by atomic mass is 10.0. The molecule has 6 nitrogen and oxygen atoms in total. The normalized spacial score (nSPS) is 20.7. The number of anilines is 1. The zero-order chi connectivity index (χ0) is 19.4. The third kappa shape index (κ3) is 5.45. The molecule has 1 aromatic rings. The van der Waals surface area contributed by atoms with Gasteiger partial charge in [-0.05, 0) is 31.0 Å². The van der Waals surface area contributed by atoms with Crippen LogP contribution in [0.1, 0.15) is 32.1 Å². The number of hydrogen-bond acceptors (Lipinski definition) is 5. The lowest BCUT2D eigenvalue weighted by Crippen LogP contribution is -2.50. The van der Waals surface area contributed by atoms with Crippen LogP contribution in [0.5, 0.6) is 5.75 Å². The molecular weight excluding hydrogens is 408 g/mol. The van der Waals surface area contributed by atoms with Gasteiger partial charge in [0.1, 0.15) is 5.75 Å². The SMILES string of the molecule is CS(=O)(=O)N1C[C@@H](C(=O)NCCSC2CCCCC2)Oc2ccc(Cl)cc21. The number of amides is 1. The molecule has 150 valence electrons. The Morgan fingerprint density at radius 2 is 2.07 bits per heavy atom.